The van der Waals surface area contributed by atoms with Crippen molar-refractivity contribution in [3.63, 3.8) is 0 Å². The molecule has 2 aliphatic heterocycles. The average Bonchev–Trinajstić information content (AvgIpc) is 2.63. The number of amides is 1. The number of aliphatic hydroxyl groups excluding tert-OH is 1. The van der Waals surface area contributed by atoms with Crippen LogP contribution in [0.5, 0.6) is 5.75 Å². The third-order valence-corrected chi connectivity index (χ3v) is 5.19. The van der Waals surface area contributed by atoms with Crippen molar-refractivity contribution < 1.29 is 23.4 Å². The lowest BCUT2D eigenvalue weighted by molar-refractivity contribution is 0.0239. The van der Waals surface area contributed by atoms with Gasteiger partial charge < -0.3 is 14.7 Å². The van der Waals surface area contributed by atoms with Crippen LogP contribution in [0.2, 0.25) is 0 Å². The molecule has 0 radical (unpaired) electrons. The van der Waals surface area contributed by atoms with Gasteiger partial charge in [0.05, 0.1) is 18.8 Å². The Hall–Kier alpha value is -1.73. The van der Waals surface area contributed by atoms with Gasteiger partial charge in [0.15, 0.2) is 11.6 Å². The molecule has 2 heterocycles. The molecular weight excluding hydrogens is 330 g/mol. The predicted octanol–water partition coefficient (Wildman–Crippen LogP) is 2.03. The van der Waals surface area contributed by atoms with Crippen molar-refractivity contribution >= 4 is 5.91 Å². The number of hydrogen-bond acceptors (Lipinski definition) is 4. The fraction of sp³-hybridized carbons (Fsp3) is 0.611. The lowest BCUT2D eigenvalue weighted by atomic mass is 9.98. The molecular formula is C18H24F2N2O3. The van der Waals surface area contributed by atoms with Crippen LogP contribution >= 0.6 is 0 Å². The smallest absolute Gasteiger partial charge is 0.256 e. The quantitative estimate of drug-likeness (QED) is 0.903. The summed E-state index contributed by atoms with van der Waals surface area (Å²) in [6.45, 7) is 2.65. The fourth-order valence-electron chi connectivity index (χ4n) is 3.77. The van der Waals surface area contributed by atoms with Gasteiger partial charge in [-0.15, -0.1) is 0 Å². The topological polar surface area (TPSA) is 53.0 Å². The summed E-state index contributed by atoms with van der Waals surface area (Å²) in [5.41, 5.74) is -0.259. The van der Waals surface area contributed by atoms with Gasteiger partial charge >= 0.3 is 0 Å². The maximum atomic E-state index is 14.1. The van der Waals surface area contributed by atoms with E-state index < -0.39 is 17.5 Å². The van der Waals surface area contributed by atoms with Crippen molar-refractivity contribution in [2.45, 2.75) is 37.8 Å². The second kappa shape index (κ2) is 7.66. The van der Waals surface area contributed by atoms with Crippen molar-refractivity contribution in [2.75, 3.05) is 33.3 Å². The first-order valence-corrected chi connectivity index (χ1v) is 8.74. The predicted molar refractivity (Wildman–Crippen MR) is 88.6 cm³/mol. The molecule has 2 saturated heterocycles. The first-order chi connectivity index (χ1) is 12.0. The minimum absolute atomic E-state index is 0.212. The molecule has 7 heteroatoms. The molecule has 1 aromatic carbocycles. The highest BCUT2D eigenvalue weighted by Crippen LogP contribution is 2.26. The number of β-amino-alcohol motifs (C(OH)–C–C–N with tert-alkyl or cyclic N) is 1. The summed E-state index contributed by atoms with van der Waals surface area (Å²) in [4.78, 5) is 16.4. The molecule has 2 aliphatic rings. The van der Waals surface area contributed by atoms with Crippen LogP contribution in [0.3, 0.4) is 0 Å². The Balaban J connectivity index is 1.63. The van der Waals surface area contributed by atoms with Crippen molar-refractivity contribution in [1.29, 1.82) is 0 Å². The number of hydrogen-bond donors (Lipinski definition) is 1. The Kier molecular flexibility index (Phi) is 5.54. The van der Waals surface area contributed by atoms with E-state index in [1.165, 1.54) is 19.2 Å². The van der Waals surface area contributed by atoms with Crippen LogP contribution in [0.15, 0.2) is 12.1 Å². The van der Waals surface area contributed by atoms with Gasteiger partial charge in [0.25, 0.3) is 5.91 Å². The SMILES string of the molecule is COc1ccc(C(=O)N2CCC(N3CCCC(O)C3)CC2)c(F)c1F. The molecule has 0 saturated carbocycles. The van der Waals surface area contributed by atoms with E-state index in [9.17, 15) is 18.7 Å². The number of piperidine rings is 2. The largest absolute Gasteiger partial charge is 0.494 e. The monoisotopic (exact) mass is 354 g/mol. The molecule has 1 N–H and O–H groups in total. The van der Waals surface area contributed by atoms with E-state index in [1.54, 1.807) is 4.90 Å². The number of halogens is 2. The van der Waals surface area contributed by atoms with Crippen molar-refractivity contribution in [3.05, 3.63) is 29.3 Å². The molecule has 5 nitrogen and oxygen atoms in total. The highest BCUT2D eigenvalue weighted by atomic mass is 19.2. The number of ether oxygens (including phenoxy) is 1. The summed E-state index contributed by atoms with van der Waals surface area (Å²) in [6, 6.07) is 2.87. The van der Waals surface area contributed by atoms with E-state index >= 15 is 0 Å². The zero-order chi connectivity index (χ0) is 18.0. The standard InChI is InChI=1S/C18H24F2N2O3/c1-25-15-5-4-14(16(19)17(15)20)18(24)21-9-6-12(7-10-21)22-8-2-3-13(23)11-22/h4-5,12-13,23H,2-3,6-11H2,1H3. The van der Waals surface area contributed by atoms with E-state index in [4.69, 9.17) is 4.74 Å². The van der Waals surface area contributed by atoms with E-state index in [2.05, 4.69) is 4.90 Å². The van der Waals surface area contributed by atoms with Crippen LogP contribution in [0.25, 0.3) is 0 Å². The molecule has 0 spiro atoms. The molecule has 1 atom stereocenters. The van der Waals surface area contributed by atoms with Crippen molar-refractivity contribution in [2.24, 2.45) is 0 Å². The zero-order valence-electron chi connectivity index (χ0n) is 14.4. The van der Waals surface area contributed by atoms with Crippen molar-refractivity contribution in [1.82, 2.24) is 9.80 Å². The van der Waals surface area contributed by atoms with Gasteiger partial charge in [0.1, 0.15) is 0 Å². The maximum Gasteiger partial charge on any atom is 0.256 e. The summed E-state index contributed by atoms with van der Waals surface area (Å²) >= 11 is 0. The molecule has 1 aromatic rings. The Morgan fingerprint density at radius 2 is 1.88 bits per heavy atom. The number of methoxy groups -OCH3 is 1. The second-order valence-electron chi connectivity index (χ2n) is 6.76. The van der Waals surface area contributed by atoms with Crippen LogP contribution in [0.4, 0.5) is 8.78 Å². The Morgan fingerprint density at radius 1 is 1.16 bits per heavy atom. The molecule has 1 amide bonds. The summed E-state index contributed by atoms with van der Waals surface area (Å²) in [7, 11) is 1.25. The Bertz CT molecular complexity index is 633. The third kappa shape index (κ3) is 3.77. The van der Waals surface area contributed by atoms with E-state index in [1.807, 2.05) is 0 Å². The lowest BCUT2D eigenvalue weighted by Gasteiger charge is -2.41. The van der Waals surface area contributed by atoms with Gasteiger partial charge in [-0.25, -0.2) is 4.39 Å². The molecule has 0 aliphatic carbocycles. The van der Waals surface area contributed by atoms with E-state index in [-0.39, 0.29) is 17.4 Å². The van der Waals surface area contributed by atoms with Crippen LogP contribution < -0.4 is 4.74 Å². The van der Waals surface area contributed by atoms with E-state index in [0.717, 1.165) is 32.2 Å². The van der Waals surface area contributed by atoms with Gasteiger partial charge in [0.2, 0.25) is 5.82 Å². The molecule has 0 aromatic heterocycles. The number of aliphatic hydroxyl groups is 1. The molecule has 138 valence electrons. The van der Waals surface area contributed by atoms with Crippen molar-refractivity contribution in [3.8, 4) is 5.75 Å². The summed E-state index contributed by atoms with van der Waals surface area (Å²) in [5.74, 6) is -3.00. The van der Waals surface area contributed by atoms with Crippen LogP contribution in [0, 0.1) is 11.6 Å². The summed E-state index contributed by atoms with van der Waals surface area (Å²) < 4.78 is 32.7. The Morgan fingerprint density at radius 3 is 2.52 bits per heavy atom. The fourth-order valence-corrected chi connectivity index (χ4v) is 3.77. The number of rotatable bonds is 3. The van der Waals surface area contributed by atoms with Gasteiger partial charge in [-0.1, -0.05) is 0 Å². The number of nitrogens with zero attached hydrogens (tertiary/aromatic N) is 2. The maximum absolute atomic E-state index is 14.1. The van der Waals surface area contributed by atoms with Gasteiger partial charge in [0, 0.05) is 25.7 Å². The Labute approximate surface area is 146 Å². The molecule has 0 bridgehead atoms. The number of likely N-dealkylation sites (tertiary alicyclic amines) is 2. The number of carbonyl (C=O) groups is 1. The summed E-state index contributed by atoms with van der Waals surface area (Å²) in [6.07, 6.45) is 3.11. The highest BCUT2D eigenvalue weighted by Gasteiger charge is 2.31. The third-order valence-electron chi connectivity index (χ3n) is 5.19. The van der Waals surface area contributed by atoms with Crippen LogP contribution in [-0.4, -0.2) is 66.2 Å². The van der Waals surface area contributed by atoms with Crippen LogP contribution in [0.1, 0.15) is 36.0 Å². The van der Waals surface area contributed by atoms with Crippen LogP contribution in [-0.2, 0) is 0 Å². The first-order valence-electron chi connectivity index (χ1n) is 8.74. The minimum atomic E-state index is -1.16. The highest BCUT2D eigenvalue weighted by molar-refractivity contribution is 5.94. The molecule has 2 fully saturated rings. The first kappa shape index (κ1) is 18.1. The summed E-state index contributed by atoms with van der Waals surface area (Å²) in [5, 5.41) is 9.80. The minimum Gasteiger partial charge on any atom is -0.494 e. The van der Waals surface area contributed by atoms with Gasteiger partial charge in [-0.05, 0) is 44.4 Å². The number of carbonyl (C=O) groups excluding carboxylic acids is 1. The zero-order valence-corrected chi connectivity index (χ0v) is 14.4. The molecule has 3 rings (SSSR count). The van der Waals surface area contributed by atoms with Gasteiger partial charge in [-0.3, -0.25) is 9.69 Å². The van der Waals surface area contributed by atoms with Gasteiger partial charge in [-0.2, -0.15) is 4.39 Å². The average molecular weight is 354 g/mol. The molecule has 25 heavy (non-hydrogen) atoms. The number of benzene rings is 1. The lowest BCUT2D eigenvalue weighted by Crippen LogP contribution is -2.50. The van der Waals surface area contributed by atoms with E-state index in [0.29, 0.717) is 25.7 Å². The second-order valence-corrected chi connectivity index (χ2v) is 6.76. The molecule has 1 unspecified atom stereocenters. The normalized spacial score (nSPS) is 22.9.